The van der Waals surface area contributed by atoms with Gasteiger partial charge in [-0.05, 0) is 36.6 Å². The maximum Gasteiger partial charge on any atom is 0.222 e. The Hall–Kier alpha value is -0.710. The minimum atomic E-state index is 0.277. The fraction of sp³-hybridized carbons (Fsp3) is 0.600. The van der Waals surface area contributed by atoms with Gasteiger partial charge in [0.05, 0.1) is 18.9 Å². The molecule has 0 radical (unpaired) electrons. The number of ether oxygens (including phenoxy) is 1. The van der Waals surface area contributed by atoms with Gasteiger partial charge < -0.3 is 10.1 Å². The quantitative estimate of drug-likeness (QED) is 0.787. The lowest BCUT2D eigenvalue weighted by molar-refractivity contribution is 0.0902. The van der Waals surface area contributed by atoms with Crippen molar-refractivity contribution in [3.8, 4) is 0 Å². The zero-order valence-corrected chi connectivity index (χ0v) is 9.20. The van der Waals surface area contributed by atoms with Crippen LogP contribution in [-0.2, 0) is 11.3 Å². The van der Waals surface area contributed by atoms with Crippen LogP contribution in [0.15, 0.2) is 12.3 Å². The lowest BCUT2D eigenvalue weighted by Crippen LogP contribution is -2.14. The van der Waals surface area contributed by atoms with Gasteiger partial charge in [-0.2, -0.15) is 0 Å². The van der Waals surface area contributed by atoms with Crippen LogP contribution in [-0.4, -0.2) is 29.7 Å². The predicted molar refractivity (Wildman–Crippen MR) is 57.7 cm³/mol. The van der Waals surface area contributed by atoms with Gasteiger partial charge in [-0.1, -0.05) is 0 Å². The molecule has 1 fully saturated rings. The number of nitrogens with one attached hydrogen (secondary N) is 1. The molecule has 0 spiro atoms. The Balaban J connectivity index is 1.73. The van der Waals surface area contributed by atoms with Crippen LogP contribution in [0.2, 0.25) is 5.28 Å². The molecule has 0 aromatic carbocycles. The molecular weight excluding hydrogens is 214 g/mol. The summed E-state index contributed by atoms with van der Waals surface area (Å²) in [6.07, 6.45) is 2.84. The highest BCUT2D eigenvalue weighted by Gasteiger charge is 2.14. The molecular formula is C10H14ClN3O. The van der Waals surface area contributed by atoms with E-state index in [1.54, 1.807) is 6.20 Å². The third kappa shape index (κ3) is 3.41. The number of hydrogen-bond donors (Lipinski definition) is 1. The van der Waals surface area contributed by atoms with Gasteiger partial charge in [0.2, 0.25) is 5.28 Å². The van der Waals surface area contributed by atoms with E-state index in [0.717, 1.165) is 25.4 Å². The maximum absolute atomic E-state index is 5.66. The molecule has 1 N–H and O–H groups in total. The summed E-state index contributed by atoms with van der Waals surface area (Å²) in [6, 6.07) is 1.82. The Labute approximate surface area is 94.0 Å². The Morgan fingerprint density at radius 2 is 2.53 bits per heavy atom. The van der Waals surface area contributed by atoms with Crippen molar-refractivity contribution in [3.63, 3.8) is 0 Å². The molecule has 1 unspecified atom stereocenters. The Kier molecular flexibility index (Phi) is 3.88. The van der Waals surface area contributed by atoms with Gasteiger partial charge in [0.1, 0.15) is 0 Å². The molecule has 2 rings (SSSR count). The molecule has 1 aliphatic rings. The van der Waals surface area contributed by atoms with E-state index in [-0.39, 0.29) is 5.28 Å². The molecule has 1 aromatic heterocycles. The van der Waals surface area contributed by atoms with Crippen molar-refractivity contribution in [2.45, 2.75) is 13.0 Å². The van der Waals surface area contributed by atoms with Crippen LogP contribution in [0.1, 0.15) is 12.1 Å². The average molecular weight is 228 g/mol. The fourth-order valence-corrected chi connectivity index (χ4v) is 1.80. The van der Waals surface area contributed by atoms with Crippen LogP contribution >= 0.6 is 11.6 Å². The van der Waals surface area contributed by atoms with E-state index in [0.29, 0.717) is 12.5 Å². The predicted octanol–water partition coefficient (Wildman–Crippen LogP) is 1.26. The zero-order chi connectivity index (χ0) is 10.5. The second-order valence-electron chi connectivity index (χ2n) is 3.69. The number of halogens is 1. The van der Waals surface area contributed by atoms with Crippen LogP contribution in [0, 0.1) is 5.92 Å². The van der Waals surface area contributed by atoms with E-state index in [1.165, 1.54) is 6.42 Å². The summed E-state index contributed by atoms with van der Waals surface area (Å²) < 4.78 is 5.57. The summed E-state index contributed by atoms with van der Waals surface area (Å²) in [7, 11) is 0. The molecule has 82 valence electrons. The number of nitrogens with zero attached hydrogens (tertiary/aromatic N) is 2. The van der Waals surface area contributed by atoms with Crippen molar-refractivity contribution >= 4 is 11.6 Å². The van der Waals surface area contributed by atoms with Crippen LogP contribution < -0.4 is 5.32 Å². The highest BCUT2D eigenvalue weighted by molar-refractivity contribution is 6.28. The third-order valence-corrected chi connectivity index (χ3v) is 2.63. The minimum Gasteiger partial charge on any atom is -0.375 e. The van der Waals surface area contributed by atoms with Crippen LogP contribution in [0.25, 0.3) is 0 Å². The van der Waals surface area contributed by atoms with Gasteiger partial charge in [0, 0.05) is 12.7 Å². The van der Waals surface area contributed by atoms with Gasteiger partial charge >= 0.3 is 0 Å². The first kappa shape index (κ1) is 10.8. The topological polar surface area (TPSA) is 47.0 Å². The van der Waals surface area contributed by atoms with E-state index in [1.807, 2.05) is 6.07 Å². The molecule has 0 aliphatic carbocycles. The van der Waals surface area contributed by atoms with Crippen molar-refractivity contribution in [1.29, 1.82) is 0 Å². The largest absolute Gasteiger partial charge is 0.375 e. The van der Waals surface area contributed by atoms with E-state index in [9.17, 15) is 0 Å². The summed E-state index contributed by atoms with van der Waals surface area (Å²) in [6.45, 7) is 3.46. The molecule has 0 amide bonds. The number of rotatable bonds is 4. The second-order valence-corrected chi connectivity index (χ2v) is 4.03. The van der Waals surface area contributed by atoms with E-state index in [4.69, 9.17) is 16.3 Å². The van der Waals surface area contributed by atoms with Crippen molar-refractivity contribution < 1.29 is 4.74 Å². The summed E-state index contributed by atoms with van der Waals surface area (Å²) in [5.41, 5.74) is 0.834. The lowest BCUT2D eigenvalue weighted by Gasteiger charge is -2.08. The Morgan fingerprint density at radius 1 is 1.60 bits per heavy atom. The van der Waals surface area contributed by atoms with Crippen molar-refractivity contribution in [2.75, 3.05) is 19.7 Å². The smallest absolute Gasteiger partial charge is 0.222 e. The molecule has 0 saturated carbocycles. The molecule has 1 saturated heterocycles. The molecule has 4 nitrogen and oxygen atoms in total. The van der Waals surface area contributed by atoms with E-state index >= 15 is 0 Å². The van der Waals surface area contributed by atoms with Gasteiger partial charge in [-0.25, -0.2) is 9.97 Å². The normalized spacial score (nSPS) is 20.7. The molecule has 1 aliphatic heterocycles. The average Bonchev–Trinajstić information content (AvgIpc) is 2.71. The lowest BCUT2D eigenvalue weighted by atomic mass is 10.1. The second kappa shape index (κ2) is 5.39. The fourth-order valence-electron chi connectivity index (χ4n) is 1.64. The first-order valence-corrected chi connectivity index (χ1v) is 5.48. The van der Waals surface area contributed by atoms with E-state index in [2.05, 4.69) is 15.3 Å². The van der Waals surface area contributed by atoms with Crippen LogP contribution in [0.3, 0.4) is 0 Å². The highest BCUT2D eigenvalue weighted by Crippen LogP contribution is 2.09. The standard InChI is InChI=1S/C10H14ClN3O/c11-10-13-4-2-9(14-10)7-15-6-8-1-3-12-5-8/h2,4,8,12H,1,3,5-7H2. The SMILES string of the molecule is Clc1nccc(COCC2CCNC2)n1. The molecule has 5 heteroatoms. The first-order valence-electron chi connectivity index (χ1n) is 5.10. The van der Waals surface area contributed by atoms with Gasteiger partial charge in [-0.3, -0.25) is 0 Å². The minimum absolute atomic E-state index is 0.277. The first-order chi connectivity index (χ1) is 7.34. The molecule has 0 bridgehead atoms. The van der Waals surface area contributed by atoms with Crippen LogP contribution in [0.5, 0.6) is 0 Å². The van der Waals surface area contributed by atoms with Crippen molar-refractivity contribution in [3.05, 3.63) is 23.2 Å². The Morgan fingerprint density at radius 3 is 3.27 bits per heavy atom. The van der Waals surface area contributed by atoms with Crippen molar-refractivity contribution in [2.24, 2.45) is 5.92 Å². The molecule has 1 aromatic rings. The molecule has 1 atom stereocenters. The van der Waals surface area contributed by atoms with E-state index < -0.39 is 0 Å². The molecule has 15 heavy (non-hydrogen) atoms. The molecule has 2 heterocycles. The van der Waals surface area contributed by atoms with Gasteiger partial charge in [0.15, 0.2) is 0 Å². The summed E-state index contributed by atoms with van der Waals surface area (Å²) in [5, 5.41) is 3.58. The highest BCUT2D eigenvalue weighted by atomic mass is 35.5. The Bertz CT molecular complexity index is 315. The van der Waals surface area contributed by atoms with Gasteiger partial charge in [-0.15, -0.1) is 0 Å². The summed E-state index contributed by atoms with van der Waals surface area (Å²) >= 11 is 5.66. The monoisotopic (exact) mass is 227 g/mol. The van der Waals surface area contributed by atoms with Gasteiger partial charge in [0.25, 0.3) is 0 Å². The number of aromatic nitrogens is 2. The maximum atomic E-state index is 5.66. The zero-order valence-electron chi connectivity index (χ0n) is 8.45. The summed E-state index contributed by atoms with van der Waals surface area (Å²) in [4.78, 5) is 7.87. The number of hydrogen-bond acceptors (Lipinski definition) is 4. The third-order valence-electron chi connectivity index (χ3n) is 2.45. The summed E-state index contributed by atoms with van der Waals surface area (Å²) in [5.74, 6) is 0.641. The van der Waals surface area contributed by atoms with Crippen LogP contribution in [0.4, 0.5) is 0 Å². The van der Waals surface area contributed by atoms with Crippen molar-refractivity contribution in [1.82, 2.24) is 15.3 Å².